The van der Waals surface area contributed by atoms with Crippen LogP contribution in [0.3, 0.4) is 0 Å². The third-order valence-electron chi connectivity index (χ3n) is 2.98. The van der Waals surface area contributed by atoms with Crippen LogP contribution in [0.25, 0.3) is 0 Å². The lowest BCUT2D eigenvalue weighted by Crippen LogP contribution is -2.35. The van der Waals surface area contributed by atoms with Crippen molar-refractivity contribution in [2.24, 2.45) is 0 Å². The fourth-order valence-electron chi connectivity index (χ4n) is 1.83. The average molecular weight is 318 g/mol. The standard InChI is InChI=1S/C17H19FN2OS/c18-15-9-7-14(8-10-15)13-20-17(22)19-11-4-12-21-16-5-2-1-3-6-16/h1-3,5-10H,4,11-13H2,(H2,19,20,22). The maximum Gasteiger partial charge on any atom is 0.166 e. The summed E-state index contributed by atoms with van der Waals surface area (Å²) in [7, 11) is 0. The molecular weight excluding hydrogens is 299 g/mol. The molecule has 2 rings (SSSR count). The van der Waals surface area contributed by atoms with Crippen molar-refractivity contribution < 1.29 is 9.13 Å². The molecule has 2 N–H and O–H groups in total. The zero-order valence-corrected chi connectivity index (χ0v) is 13.0. The molecule has 5 heteroatoms. The van der Waals surface area contributed by atoms with Crippen molar-refractivity contribution in [1.82, 2.24) is 10.6 Å². The average Bonchev–Trinajstić information content (AvgIpc) is 2.55. The van der Waals surface area contributed by atoms with Crippen molar-refractivity contribution in [3.05, 3.63) is 66.0 Å². The Morgan fingerprint density at radius 1 is 1.00 bits per heavy atom. The first-order valence-corrected chi connectivity index (χ1v) is 7.59. The van der Waals surface area contributed by atoms with Gasteiger partial charge in [0.25, 0.3) is 0 Å². The number of halogens is 1. The van der Waals surface area contributed by atoms with Crippen LogP contribution in [0.15, 0.2) is 54.6 Å². The van der Waals surface area contributed by atoms with Gasteiger partial charge in [0.1, 0.15) is 11.6 Å². The van der Waals surface area contributed by atoms with Gasteiger partial charge in [-0.3, -0.25) is 0 Å². The lowest BCUT2D eigenvalue weighted by Gasteiger charge is -2.11. The van der Waals surface area contributed by atoms with Crippen LogP contribution in [0.4, 0.5) is 4.39 Å². The summed E-state index contributed by atoms with van der Waals surface area (Å²) in [6.45, 7) is 1.95. The quantitative estimate of drug-likeness (QED) is 0.606. The van der Waals surface area contributed by atoms with Crippen LogP contribution in [0.2, 0.25) is 0 Å². The number of hydrogen-bond acceptors (Lipinski definition) is 2. The van der Waals surface area contributed by atoms with Gasteiger partial charge >= 0.3 is 0 Å². The molecule has 0 bridgehead atoms. The molecule has 0 aliphatic heterocycles. The fourth-order valence-corrected chi connectivity index (χ4v) is 2.00. The summed E-state index contributed by atoms with van der Waals surface area (Å²) >= 11 is 5.18. The van der Waals surface area contributed by atoms with Crippen molar-refractivity contribution in [3.8, 4) is 5.75 Å². The fraction of sp³-hybridized carbons (Fsp3) is 0.235. The van der Waals surface area contributed by atoms with Gasteiger partial charge in [-0.15, -0.1) is 0 Å². The van der Waals surface area contributed by atoms with Gasteiger partial charge in [0.15, 0.2) is 5.11 Å². The van der Waals surface area contributed by atoms with Gasteiger partial charge in [-0.05, 0) is 48.5 Å². The Labute approximate surface area is 135 Å². The van der Waals surface area contributed by atoms with E-state index >= 15 is 0 Å². The number of nitrogens with one attached hydrogen (secondary N) is 2. The number of para-hydroxylation sites is 1. The minimum Gasteiger partial charge on any atom is -0.494 e. The van der Waals surface area contributed by atoms with Crippen molar-refractivity contribution >= 4 is 17.3 Å². The third kappa shape index (κ3) is 6.10. The molecule has 0 unspecified atom stereocenters. The Morgan fingerprint density at radius 2 is 1.73 bits per heavy atom. The van der Waals surface area contributed by atoms with Crippen LogP contribution in [0.5, 0.6) is 5.75 Å². The van der Waals surface area contributed by atoms with Crippen LogP contribution in [0.1, 0.15) is 12.0 Å². The first-order valence-electron chi connectivity index (χ1n) is 7.18. The molecule has 0 aliphatic carbocycles. The van der Waals surface area contributed by atoms with Gasteiger partial charge < -0.3 is 15.4 Å². The predicted octanol–water partition coefficient (Wildman–Crippen LogP) is 3.26. The zero-order valence-electron chi connectivity index (χ0n) is 12.2. The van der Waals surface area contributed by atoms with Gasteiger partial charge in [-0.1, -0.05) is 30.3 Å². The van der Waals surface area contributed by atoms with E-state index in [1.165, 1.54) is 12.1 Å². The number of benzene rings is 2. The largest absolute Gasteiger partial charge is 0.494 e. The van der Waals surface area contributed by atoms with E-state index in [2.05, 4.69) is 10.6 Å². The number of ether oxygens (including phenoxy) is 1. The van der Waals surface area contributed by atoms with Gasteiger partial charge in [0.2, 0.25) is 0 Å². The van der Waals surface area contributed by atoms with Crippen molar-refractivity contribution in [2.45, 2.75) is 13.0 Å². The van der Waals surface area contributed by atoms with E-state index < -0.39 is 0 Å². The highest BCUT2D eigenvalue weighted by Crippen LogP contribution is 2.08. The molecule has 0 amide bonds. The number of rotatable bonds is 7. The molecule has 0 aromatic heterocycles. The second kappa shape index (κ2) is 9.00. The Bertz CT molecular complexity index is 575. The molecule has 0 radical (unpaired) electrons. The Morgan fingerprint density at radius 3 is 2.45 bits per heavy atom. The monoisotopic (exact) mass is 318 g/mol. The van der Waals surface area contributed by atoms with Crippen molar-refractivity contribution in [2.75, 3.05) is 13.2 Å². The Hall–Kier alpha value is -2.14. The molecule has 0 fully saturated rings. The van der Waals surface area contributed by atoms with Gasteiger partial charge in [-0.2, -0.15) is 0 Å². The second-order valence-corrected chi connectivity index (χ2v) is 5.16. The molecule has 0 spiro atoms. The highest BCUT2D eigenvalue weighted by molar-refractivity contribution is 7.80. The van der Waals surface area contributed by atoms with E-state index in [0.717, 1.165) is 24.3 Å². The van der Waals surface area contributed by atoms with E-state index in [4.69, 9.17) is 17.0 Å². The molecule has 0 heterocycles. The third-order valence-corrected chi connectivity index (χ3v) is 3.27. The molecule has 116 valence electrons. The maximum atomic E-state index is 12.8. The van der Waals surface area contributed by atoms with Crippen molar-refractivity contribution in [1.29, 1.82) is 0 Å². The minimum atomic E-state index is -0.233. The normalized spacial score (nSPS) is 10.0. The molecule has 22 heavy (non-hydrogen) atoms. The molecule has 0 saturated carbocycles. The Kier molecular flexibility index (Phi) is 6.64. The first kappa shape index (κ1) is 16.2. The van der Waals surface area contributed by atoms with Crippen molar-refractivity contribution in [3.63, 3.8) is 0 Å². The summed E-state index contributed by atoms with van der Waals surface area (Å²) < 4.78 is 18.4. The lowest BCUT2D eigenvalue weighted by molar-refractivity contribution is 0.311. The summed E-state index contributed by atoms with van der Waals surface area (Å²) in [5, 5.41) is 6.79. The number of hydrogen-bond donors (Lipinski definition) is 2. The molecule has 0 saturated heterocycles. The summed E-state index contributed by atoms with van der Waals surface area (Å²) in [6.07, 6.45) is 0.854. The SMILES string of the molecule is Fc1ccc(CNC(=S)NCCCOc2ccccc2)cc1. The van der Waals surface area contributed by atoms with E-state index in [9.17, 15) is 4.39 Å². The summed E-state index contributed by atoms with van der Waals surface area (Å²) in [5.41, 5.74) is 0.984. The van der Waals surface area contributed by atoms with E-state index in [1.54, 1.807) is 12.1 Å². The van der Waals surface area contributed by atoms with Gasteiger partial charge in [0, 0.05) is 13.1 Å². The number of thiocarbonyl (C=S) groups is 1. The molecule has 0 aliphatic rings. The van der Waals surface area contributed by atoms with Crippen LogP contribution < -0.4 is 15.4 Å². The molecular formula is C17H19FN2OS. The van der Waals surface area contributed by atoms with Crippen LogP contribution >= 0.6 is 12.2 Å². The maximum absolute atomic E-state index is 12.8. The first-order chi connectivity index (χ1) is 10.7. The van der Waals surface area contributed by atoms with Crippen LogP contribution in [0, 0.1) is 5.82 Å². The van der Waals surface area contributed by atoms with E-state index in [-0.39, 0.29) is 5.82 Å². The summed E-state index contributed by atoms with van der Waals surface area (Å²) in [4.78, 5) is 0. The summed E-state index contributed by atoms with van der Waals surface area (Å²) in [6, 6.07) is 16.1. The van der Waals surface area contributed by atoms with E-state index in [0.29, 0.717) is 18.3 Å². The van der Waals surface area contributed by atoms with E-state index in [1.807, 2.05) is 30.3 Å². The van der Waals surface area contributed by atoms with Crippen LogP contribution in [-0.2, 0) is 6.54 Å². The molecule has 2 aromatic carbocycles. The topological polar surface area (TPSA) is 33.3 Å². The Balaban J connectivity index is 1.55. The lowest BCUT2D eigenvalue weighted by atomic mass is 10.2. The summed E-state index contributed by atoms with van der Waals surface area (Å²) in [5.74, 6) is 0.641. The second-order valence-electron chi connectivity index (χ2n) is 4.75. The zero-order chi connectivity index (χ0) is 15.6. The minimum absolute atomic E-state index is 0.233. The molecule has 2 aromatic rings. The highest BCUT2D eigenvalue weighted by Gasteiger charge is 1.98. The van der Waals surface area contributed by atoms with Gasteiger partial charge in [0.05, 0.1) is 6.61 Å². The van der Waals surface area contributed by atoms with Crippen LogP contribution in [-0.4, -0.2) is 18.3 Å². The molecule has 3 nitrogen and oxygen atoms in total. The predicted molar refractivity (Wildman–Crippen MR) is 90.4 cm³/mol. The highest BCUT2D eigenvalue weighted by atomic mass is 32.1. The smallest absolute Gasteiger partial charge is 0.166 e. The molecule has 0 atom stereocenters. The van der Waals surface area contributed by atoms with Gasteiger partial charge in [-0.25, -0.2) is 4.39 Å².